The van der Waals surface area contributed by atoms with E-state index in [0.29, 0.717) is 0 Å². The van der Waals surface area contributed by atoms with Gasteiger partial charge in [0.25, 0.3) is 11.8 Å². The van der Waals surface area contributed by atoms with Gasteiger partial charge in [-0.1, -0.05) is 72.8 Å². The van der Waals surface area contributed by atoms with Crippen molar-refractivity contribution in [3.8, 4) is 11.1 Å². The third kappa shape index (κ3) is 6.17. The summed E-state index contributed by atoms with van der Waals surface area (Å²) >= 11 is 0. The highest BCUT2D eigenvalue weighted by Gasteiger charge is 2.22. The molecule has 0 heterocycles. The molecule has 0 aliphatic carbocycles. The Morgan fingerprint density at radius 1 is 0.579 bits per heavy atom. The Morgan fingerprint density at radius 2 is 0.947 bits per heavy atom. The molecule has 2 amide bonds. The SMILES string of the molecule is CO[C@H](C(=O)Nc1ccc(-c2ccc(NC(=O)[C@H](OC)c3ccccc3)c(C)c2)cc1C)c1ccccc1. The lowest BCUT2D eigenvalue weighted by Gasteiger charge is -2.18. The first-order valence-corrected chi connectivity index (χ1v) is 12.4. The van der Waals surface area contributed by atoms with Crippen LogP contribution in [0.4, 0.5) is 11.4 Å². The summed E-state index contributed by atoms with van der Waals surface area (Å²) in [6.45, 7) is 3.92. The van der Waals surface area contributed by atoms with Crippen molar-refractivity contribution in [2.24, 2.45) is 0 Å². The number of hydrogen-bond acceptors (Lipinski definition) is 4. The van der Waals surface area contributed by atoms with Gasteiger partial charge in [-0.05, 0) is 71.5 Å². The monoisotopic (exact) mass is 508 g/mol. The molecule has 194 valence electrons. The summed E-state index contributed by atoms with van der Waals surface area (Å²) in [7, 11) is 3.05. The largest absolute Gasteiger partial charge is 0.367 e. The number of carbonyl (C=O) groups is 2. The molecule has 0 aliphatic rings. The molecule has 0 aromatic heterocycles. The van der Waals surface area contributed by atoms with Crippen LogP contribution in [-0.2, 0) is 19.1 Å². The number of nitrogens with one attached hydrogen (secondary N) is 2. The molecule has 0 saturated heterocycles. The Kier molecular flexibility index (Phi) is 8.69. The molecule has 0 fully saturated rings. The number of rotatable bonds is 9. The van der Waals surface area contributed by atoms with Crippen molar-refractivity contribution >= 4 is 23.2 Å². The fourth-order valence-electron chi connectivity index (χ4n) is 4.41. The van der Waals surface area contributed by atoms with E-state index < -0.39 is 12.2 Å². The molecule has 0 unspecified atom stereocenters. The van der Waals surface area contributed by atoms with Gasteiger partial charge in [-0.15, -0.1) is 0 Å². The molecule has 2 atom stereocenters. The number of carbonyl (C=O) groups excluding carboxylic acids is 2. The molecule has 0 bridgehead atoms. The smallest absolute Gasteiger partial charge is 0.258 e. The lowest BCUT2D eigenvalue weighted by Crippen LogP contribution is -2.23. The number of hydrogen-bond donors (Lipinski definition) is 2. The lowest BCUT2D eigenvalue weighted by molar-refractivity contribution is -0.126. The van der Waals surface area contributed by atoms with Crippen molar-refractivity contribution in [3.63, 3.8) is 0 Å². The fourth-order valence-corrected chi connectivity index (χ4v) is 4.41. The highest BCUT2D eigenvalue weighted by molar-refractivity contribution is 5.97. The van der Waals surface area contributed by atoms with E-state index in [-0.39, 0.29) is 11.8 Å². The Bertz CT molecular complexity index is 1290. The molecule has 0 spiro atoms. The number of anilines is 2. The fraction of sp³-hybridized carbons (Fsp3) is 0.188. The van der Waals surface area contributed by atoms with Crippen LogP contribution in [0.15, 0.2) is 97.1 Å². The number of methoxy groups -OCH3 is 2. The predicted molar refractivity (Wildman–Crippen MR) is 151 cm³/mol. The number of ether oxygens (including phenoxy) is 2. The molecule has 4 rings (SSSR count). The molecule has 38 heavy (non-hydrogen) atoms. The molecular weight excluding hydrogens is 476 g/mol. The molecular formula is C32H32N2O4. The summed E-state index contributed by atoms with van der Waals surface area (Å²) in [5.74, 6) is -0.453. The van der Waals surface area contributed by atoms with Gasteiger partial charge >= 0.3 is 0 Å². The molecule has 6 nitrogen and oxygen atoms in total. The standard InChI is InChI=1S/C32H32N2O4/c1-21-19-25(15-17-27(21)33-31(35)29(37-3)23-11-7-5-8-12-23)26-16-18-28(22(2)20-26)34-32(36)30(38-4)24-13-9-6-10-14-24/h5-20,29-30H,1-4H3,(H,33,35)(H,34,36)/t29-,30+. The van der Waals surface area contributed by atoms with Crippen LogP contribution < -0.4 is 10.6 Å². The third-order valence-electron chi connectivity index (χ3n) is 6.45. The van der Waals surface area contributed by atoms with Crippen LogP contribution in [0.1, 0.15) is 34.5 Å². The summed E-state index contributed by atoms with van der Waals surface area (Å²) < 4.78 is 10.9. The van der Waals surface area contributed by atoms with E-state index in [1.807, 2.05) is 111 Å². The maximum atomic E-state index is 12.9. The minimum Gasteiger partial charge on any atom is -0.367 e. The normalized spacial score (nSPS) is 12.4. The zero-order chi connectivity index (χ0) is 27.1. The number of amides is 2. The van der Waals surface area contributed by atoms with Crippen LogP contribution in [0.25, 0.3) is 11.1 Å². The van der Waals surface area contributed by atoms with Gasteiger partial charge < -0.3 is 20.1 Å². The second kappa shape index (κ2) is 12.3. The van der Waals surface area contributed by atoms with Gasteiger partial charge in [0.15, 0.2) is 12.2 Å². The summed E-state index contributed by atoms with van der Waals surface area (Å²) in [6, 6.07) is 30.6. The second-order valence-electron chi connectivity index (χ2n) is 9.09. The average molecular weight is 509 g/mol. The van der Waals surface area contributed by atoms with E-state index in [0.717, 1.165) is 44.8 Å². The Hall–Kier alpha value is -4.26. The first-order valence-electron chi connectivity index (χ1n) is 12.4. The second-order valence-corrected chi connectivity index (χ2v) is 9.09. The molecule has 0 saturated carbocycles. The van der Waals surface area contributed by atoms with E-state index in [2.05, 4.69) is 10.6 Å². The molecule has 6 heteroatoms. The topological polar surface area (TPSA) is 76.7 Å². The Labute approximate surface area is 223 Å². The molecule has 4 aromatic rings. The zero-order valence-electron chi connectivity index (χ0n) is 22.0. The maximum Gasteiger partial charge on any atom is 0.258 e. The van der Waals surface area contributed by atoms with Gasteiger partial charge in [0.1, 0.15) is 0 Å². The van der Waals surface area contributed by atoms with E-state index in [9.17, 15) is 9.59 Å². The lowest BCUT2D eigenvalue weighted by atomic mass is 9.99. The van der Waals surface area contributed by atoms with Crippen LogP contribution in [0.5, 0.6) is 0 Å². The molecule has 2 N–H and O–H groups in total. The van der Waals surface area contributed by atoms with Crippen molar-refractivity contribution < 1.29 is 19.1 Å². The average Bonchev–Trinajstić information content (AvgIpc) is 2.93. The summed E-state index contributed by atoms with van der Waals surface area (Å²) in [5.41, 5.74) is 6.92. The molecule has 0 radical (unpaired) electrons. The third-order valence-corrected chi connectivity index (χ3v) is 6.45. The van der Waals surface area contributed by atoms with Gasteiger partial charge in [0.05, 0.1) is 0 Å². The van der Waals surface area contributed by atoms with Gasteiger partial charge in [0, 0.05) is 25.6 Å². The van der Waals surface area contributed by atoms with Crippen molar-refractivity contribution in [3.05, 3.63) is 119 Å². The van der Waals surface area contributed by atoms with E-state index in [1.165, 1.54) is 14.2 Å². The van der Waals surface area contributed by atoms with Gasteiger partial charge in [0.2, 0.25) is 0 Å². The van der Waals surface area contributed by atoms with Gasteiger partial charge in [-0.2, -0.15) is 0 Å². The van der Waals surface area contributed by atoms with Crippen molar-refractivity contribution in [2.45, 2.75) is 26.1 Å². The van der Waals surface area contributed by atoms with Crippen LogP contribution in [0.2, 0.25) is 0 Å². The molecule has 4 aromatic carbocycles. The van der Waals surface area contributed by atoms with Crippen LogP contribution in [0, 0.1) is 13.8 Å². The summed E-state index contributed by atoms with van der Waals surface area (Å²) in [4.78, 5) is 25.8. The van der Waals surface area contributed by atoms with Crippen LogP contribution >= 0.6 is 0 Å². The first kappa shape index (κ1) is 26.8. The number of benzene rings is 4. The van der Waals surface area contributed by atoms with E-state index in [4.69, 9.17) is 9.47 Å². The zero-order valence-corrected chi connectivity index (χ0v) is 22.0. The van der Waals surface area contributed by atoms with E-state index in [1.54, 1.807) is 0 Å². The van der Waals surface area contributed by atoms with Crippen molar-refractivity contribution in [1.82, 2.24) is 0 Å². The molecule has 0 aliphatic heterocycles. The predicted octanol–water partition coefficient (Wildman–Crippen LogP) is 6.62. The van der Waals surface area contributed by atoms with Crippen LogP contribution in [0.3, 0.4) is 0 Å². The highest BCUT2D eigenvalue weighted by Crippen LogP contribution is 2.30. The highest BCUT2D eigenvalue weighted by atomic mass is 16.5. The van der Waals surface area contributed by atoms with Gasteiger partial charge in [-0.3, -0.25) is 9.59 Å². The minimum atomic E-state index is -0.694. The maximum absolute atomic E-state index is 12.9. The van der Waals surface area contributed by atoms with Crippen LogP contribution in [-0.4, -0.2) is 26.0 Å². The Morgan fingerprint density at radius 3 is 1.26 bits per heavy atom. The summed E-state index contributed by atoms with van der Waals surface area (Å²) in [5, 5.41) is 5.97. The minimum absolute atomic E-state index is 0.227. The van der Waals surface area contributed by atoms with Gasteiger partial charge in [-0.25, -0.2) is 0 Å². The number of aryl methyl sites for hydroxylation is 2. The Balaban J connectivity index is 1.47. The van der Waals surface area contributed by atoms with E-state index >= 15 is 0 Å². The summed E-state index contributed by atoms with van der Waals surface area (Å²) in [6.07, 6.45) is -1.39. The first-order chi connectivity index (χ1) is 18.4. The van der Waals surface area contributed by atoms with Crippen molar-refractivity contribution in [1.29, 1.82) is 0 Å². The van der Waals surface area contributed by atoms with Crippen molar-refractivity contribution in [2.75, 3.05) is 24.9 Å². The quantitative estimate of drug-likeness (QED) is 0.266.